The van der Waals surface area contributed by atoms with Crippen LogP contribution in [-0.2, 0) is 4.74 Å². The summed E-state index contributed by atoms with van der Waals surface area (Å²) in [6.07, 6.45) is 4.16. The molecule has 0 aliphatic rings. The first-order valence-corrected chi connectivity index (χ1v) is 3.93. The summed E-state index contributed by atoms with van der Waals surface area (Å²) >= 11 is 0. The van der Waals surface area contributed by atoms with Gasteiger partial charge in [0.15, 0.2) is 0 Å². The van der Waals surface area contributed by atoms with E-state index in [-0.39, 0.29) is 5.60 Å². The van der Waals surface area contributed by atoms with E-state index in [1.807, 2.05) is 20.9 Å². The Labute approximate surface area is 69.6 Å². The lowest BCUT2D eigenvalue weighted by Gasteiger charge is -2.18. The van der Waals surface area contributed by atoms with Gasteiger partial charge in [0.2, 0.25) is 0 Å². The van der Waals surface area contributed by atoms with Crippen molar-refractivity contribution in [3.63, 3.8) is 0 Å². The first kappa shape index (κ1) is 10.7. The zero-order valence-electron chi connectivity index (χ0n) is 8.14. The highest BCUT2D eigenvalue weighted by molar-refractivity contribution is 5.00. The van der Waals surface area contributed by atoms with Crippen LogP contribution in [0.5, 0.6) is 0 Å². The zero-order valence-corrected chi connectivity index (χ0v) is 8.14. The number of hydrogen-bond acceptors (Lipinski definition) is 2. The van der Waals surface area contributed by atoms with Gasteiger partial charge >= 0.3 is 0 Å². The molecule has 2 nitrogen and oxygen atoms in total. The highest BCUT2D eigenvalue weighted by Gasteiger charge is 2.10. The van der Waals surface area contributed by atoms with E-state index < -0.39 is 0 Å². The Morgan fingerprint density at radius 3 is 2.36 bits per heavy atom. The fourth-order valence-electron chi connectivity index (χ4n) is 0.540. The maximum Gasteiger partial charge on any atom is 0.0803 e. The number of nitrogens with one attached hydrogen (secondary N) is 1. The topological polar surface area (TPSA) is 21.3 Å². The molecule has 0 saturated carbocycles. The van der Waals surface area contributed by atoms with Crippen molar-refractivity contribution in [3.05, 3.63) is 12.2 Å². The van der Waals surface area contributed by atoms with Gasteiger partial charge in [-0.05, 0) is 27.8 Å². The van der Waals surface area contributed by atoms with Gasteiger partial charge in [0, 0.05) is 13.2 Å². The molecule has 0 radical (unpaired) electrons. The summed E-state index contributed by atoms with van der Waals surface area (Å²) < 4.78 is 5.22. The van der Waals surface area contributed by atoms with Crippen LogP contribution in [0.4, 0.5) is 0 Å². The Morgan fingerprint density at radius 2 is 2.00 bits per heavy atom. The van der Waals surface area contributed by atoms with Gasteiger partial charge in [0.25, 0.3) is 0 Å². The fraction of sp³-hybridized carbons (Fsp3) is 0.778. The average molecular weight is 157 g/mol. The average Bonchev–Trinajstić information content (AvgIpc) is 2.00. The molecule has 0 aliphatic heterocycles. The van der Waals surface area contributed by atoms with Crippen LogP contribution < -0.4 is 5.32 Å². The Bertz CT molecular complexity index is 130. The van der Waals surface area contributed by atoms with Gasteiger partial charge in [0.05, 0.1) is 5.60 Å². The number of hydrogen-bond donors (Lipinski definition) is 1. The van der Waals surface area contributed by atoms with Crippen molar-refractivity contribution in [3.8, 4) is 0 Å². The summed E-state index contributed by atoms with van der Waals surface area (Å²) in [5.74, 6) is 0. The molecule has 0 aromatic heterocycles. The smallest absolute Gasteiger partial charge is 0.0803 e. The Hall–Kier alpha value is -0.340. The SMILES string of the molecule is CNC(C)/C=C/C(C)(C)OC. The van der Waals surface area contributed by atoms with E-state index in [0.29, 0.717) is 6.04 Å². The molecule has 11 heavy (non-hydrogen) atoms. The van der Waals surface area contributed by atoms with Crippen molar-refractivity contribution in [2.75, 3.05) is 14.2 Å². The van der Waals surface area contributed by atoms with E-state index in [9.17, 15) is 0 Å². The van der Waals surface area contributed by atoms with Crippen molar-refractivity contribution in [2.45, 2.75) is 32.4 Å². The van der Waals surface area contributed by atoms with Crippen LogP contribution in [0.15, 0.2) is 12.2 Å². The third-order valence-electron chi connectivity index (χ3n) is 1.77. The second-order valence-electron chi connectivity index (χ2n) is 3.24. The molecule has 0 aliphatic carbocycles. The molecule has 2 heteroatoms. The minimum Gasteiger partial charge on any atom is -0.375 e. The second kappa shape index (κ2) is 4.52. The third kappa shape index (κ3) is 4.99. The van der Waals surface area contributed by atoms with E-state index >= 15 is 0 Å². The third-order valence-corrected chi connectivity index (χ3v) is 1.77. The molecule has 1 N–H and O–H groups in total. The van der Waals surface area contributed by atoms with Gasteiger partial charge in [0.1, 0.15) is 0 Å². The molecule has 0 amide bonds. The molecule has 0 aromatic rings. The molecule has 66 valence electrons. The molecule has 0 fully saturated rings. The number of methoxy groups -OCH3 is 1. The first-order chi connectivity index (χ1) is 5.02. The van der Waals surface area contributed by atoms with Gasteiger partial charge < -0.3 is 10.1 Å². The quantitative estimate of drug-likeness (QED) is 0.625. The van der Waals surface area contributed by atoms with Crippen LogP contribution in [0.1, 0.15) is 20.8 Å². The molecule has 0 heterocycles. The minimum absolute atomic E-state index is 0.148. The van der Waals surface area contributed by atoms with Gasteiger partial charge in [-0.25, -0.2) is 0 Å². The van der Waals surface area contributed by atoms with E-state index in [1.54, 1.807) is 7.11 Å². The molecule has 0 bridgehead atoms. The van der Waals surface area contributed by atoms with E-state index in [1.165, 1.54) is 0 Å². The predicted octanol–water partition coefficient (Wildman–Crippen LogP) is 1.58. The molecule has 0 spiro atoms. The Balaban J connectivity index is 3.90. The summed E-state index contributed by atoms with van der Waals surface area (Å²) in [5.41, 5.74) is -0.148. The second-order valence-corrected chi connectivity index (χ2v) is 3.24. The largest absolute Gasteiger partial charge is 0.375 e. The summed E-state index contributed by atoms with van der Waals surface area (Å²) in [4.78, 5) is 0. The van der Waals surface area contributed by atoms with E-state index in [2.05, 4.69) is 24.4 Å². The van der Waals surface area contributed by atoms with Gasteiger partial charge in [-0.15, -0.1) is 0 Å². The maximum absolute atomic E-state index is 5.22. The van der Waals surface area contributed by atoms with Crippen LogP contribution in [0, 0.1) is 0 Å². The van der Waals surface area contributed by atoms with Crippen LogP contribution in [-0.4, -0.2) is 25.8 Å². The van der Waals surface area contributed by atoms with Crippen LogP contribution >= 0.6 is 0 Å². The maximum atomic E-state index is 5.22. The molecule has 1 atom stereocenters. The predicted molar refractivity (Wildman–Crippen MR) is 48.7 cm³/mol. The summed E-state index contributed by atoms with van der Waals surface area (Å²) in [5, 5.41) is 3.12. The van der Waals surface area contributed by atoms with Crippen molar-refractivity contribution < 1.29 is 4.74 Å². The van der Waals surface area contributed by atoms with Crippen LogP contribution in [0.25, 0.3) is 0 Å². The molecular formula is C9H19NO. The zero-order chi connectivity index (χ0) is 8.91. The number of ether oxygens (including phenoxy) is 1. The lowest BCUT2D eigenvalue weighted by molar-refractivity contribution is 0.0652. The van der Waals surface area contributed by atoms with Crippen molar-refractivity contribution in [1.82, 2.24) is 5.32 Å². The summed E-state index contributed by atoms with van der Waals surface area (Å²) in [7, 11) is 3.66. The monoisotopic (exact) mass is 157 g/mol. The molecule has 0 aromatic carbocycles. The summed E-state index contributed by atoms with van der Waals surface area (Å²) in [6, 6.07) is 0.407. The normalized spacial score (nSPS) is 15.7. The molecular weight excluding hydrogens is 138 g/mol. The van der Waals surface area contributed by atoms with E-state index in [0.717, 1.165) is 0 Å². The summed E-state index contributed by atoms with van der Waals surface area (Å²) in [6.45, 7) is 6.17. The number of likely N-dealkylation sites (N-methyl/N-ethyl adjacent to an activating group) is 1. The van der Waals surface area contributed by atoms with E-state index in [4.69, 9.17) is 4.74 Å². The Morgan fingerprint density at radius 1 is 1.45 bits per heavy atom. The number of rotatable bonds is 4. The van der Waals surface area contributed by atoms with Gasteiger partial charge in [-0.1, -0.05) is 12.2 Å². The van der Waals surface area contributed by atoms with Crippen LogP contribution in [0.3, 0.4) is 0 Å². The van der Waals surface area contributed by atoms with Crippen LogP contribution in [0.2, 0.25) is 0 Å². The van der Waals surface area contributed by atoms with Crippen molar-refractivity contribution in [2.24, 2.45) is 0 Å². The lowest BCUT2D eigenvalue weighted by Crippen LogP contribution is -2.23. The standard InChI is InChI=1S/C9H19NO/c1-8(10-4)6-7-9(2,3)11-5/h6-8,10H,1-5H3/b7-6+. The van der Waals surface area contributed by atoms with Gasteiger partial charge in [-0.3, -0.25) is 0 Å². The molecule has 1 unspecified atom stereocenters. The van der Waals surface area contributed by atoms with Crippen molar-refractivity contribution in [1.29, 1.82) is 0 Å². The highest BCUT2D eigenvalue weighted by atomic mass is 16.5. The minimum atomic E-state index is -0.148. The molecule has 0 rings (SSSR count). The fourth-order valence-corrected chi connectivity index (χ4v) is 0.540. The Kier molecular flexibility index (Phi) is 4.38. The lowest BCUT2D eigenvalue weighted by atomic mass is 10.1. The van der Waals surface area contributed by atoms with Gasteiger partial charge in [-0.2, -0.15) is 0 Å². The van der Waals surface area contributed by atoms with Crippen molar-refractivity contribution >= 4 is 0 Å². The first-order valence-electron chi connectivity index (χ1n) is 3.93. The molecule has 0 saturated heterocycles. The highest BCUT2D eigenvalue weighted by Crippen LogP contribution is 2.08.